The van der Waals surface area contributed by atoms with Crippen LogP contribution >= 0.6 is 0 Å². The molecule has 1 aliphatic rings. The van der Waals surface area contributed by atoms with Crippen molar-refractivity contribution in [1.29, 1.82) is 0 Å². The average Bonchev–Trinajstić information content (AvgIpc) is 2.82. The highest BCUT2D eigenvalue weighted by atomic mass is 16.2. The number of amides is 2. The highest BCUT2D eigenvalue weighted by Gasteiger charge is 2.36. The Morgan fingerprint density at radius 1 is 1.12 bits per heavy atom. The standard InChI is InChI=1S/C25H30N6O2/c1-16-19(10-11-23(26)29-16)14-28-25(33)17(2)31-13-12-30(15-22(31)24(27)32)21-9-5-7-18-6-3-4-8-20(18)21/h3-11,17,22H,12-15H2,1-2H3,(H2,26,29)(H2,27,32)(H,28,33)/t17-,22?/m0/s1. The van der Waals surface area contributed by atoms with Crippen LogP contribution in [0, 0.1) is 6.92 Å². The van der Waals surface area contributed by atoms with E-state index in [9.17, 15) is 9.59 Å². The number of carbonyl (C=O) groups excluding carboxylic acids is 2. The Kier molecular flexibility index (Phi) is 6.46. The number of nitrogens with zero attached hydrogens (tertiary/aromatic N) is 3. The number of pyridine rings is 1. The molecule has 1 saturated heterocycles. The smallest absolute Gasteiger partial charge is 0.237 e. The fourth-order valence-corrected chi connectivity index (χ4v) is 4.49. The van der Waals surface area contributed by atoms with E-state index in [4.69, 9.17) is 11.5 Å². The predicted octanol–water partition coefficient (Wildman–Crippen LogP) is 1.81. The molecule has 2 atom stereocenters. The fourth-order valence-electron chi connectivity index (χ4n) is 4.49. The minimum Gasteiger partial charge on any atom is -0.384 e. The van der Waals surface area contributed by atoms with Gasteiger partial charge in [-0.2, -0.15) is 0 Å². The normalized spacial score (nSPS) is 17.6. The van der Waals surface area contributed by atoms with E-state index >= 15 is 0 Å². The molecule has 8 heteroatoms. The van der Waals surface area contributed by atoms with Gasteiger partial charge in [0.25, 0.3) is 0 Å². The zero-order chi connectivity index (χ0) is 23.5. The van der Waals surface area contributed by atoms with Gasteiger partial charge in [-0.1, -0.05) is 42.5 Å². The SMILES string of the molecule is Cc1nc(N)ccc1CNC(=O)[C@H](C)N1CCN(c2cccc3ccccc23)CC1C(N)=O. The molecule has 0 saturated carbocycles. The van der Waals surface area contributed by atoms with Gasteiger partial charge in [-0.25, -0.2) is 4.98 Å². The molecule has 1 aromatic heterocycles. The molecule has 5 N–H and O–H groups in total. The second-order valence-corrected chi connectivity index (χ2v) is 8.47. The van der Waals surface area contributed by atoms with Gasteiger partial charge in [0, 0.05) is 42.9 Å². The van der Waals surface area contributed by atoms with Crippen molar-refractivity contribution in [2.24, 2.45) is 5.73 Å². The first-order valence-electron chi connectivity index (χ1n) is 11.1. The number of anilines is 2. The summed E-state index contributed by atoms with van der Waals surface area (Å²) in [5.74, 6) is -0.140. The van der Waals surface area contributed by atoms with E-state index in [2.05, 4.69) is 39.5 Å². The third-order valence-corrected chi connectivity index (χ3v) is 6.40. The first kappa shape index (κ1) is 22.5. The molecule has 0 bridgehead atoms. The lowest BCUT2D eigenvalue weighted by atomic mass is 10.0. The van der Waals surface area contributed by atoms with E-state index in [1.54, 1.807) is 6.07 Å². The van der Waals surface area contributed by atoms with Crippen LogP contribution in [0.4, 0.5) is 11.5 Å². The number of benzene rings is 2. The Bertz CT molecular complexity index is 1180. The van der Waals surface area contributed by atoms with Crippen molar-refractivity contribution in [3.05, 3.63) is 65.9 Å². The molecule has 0 spiro atoms. The fraction of sp³-hybridized carbons (Fsp3) is 0.320. The Morgan fingerprint density at radius 3 is 2.64 bits per heavy atom. The number of aryl methyl sites for hydroxylation is 1. The molecule has 1 fully saturated rings. The lowest BCUT2D eigenvalue weighted by Crippen LogP contribution is -2.63. The predicted molar refractivity (Wildman–Crippen MR) is 131 cm³/mol. The van der Waals surface area contributed by atoms with Crippen molar-refractivity contribution in [3.63, 3.8) is 0 Å². The maximum Gasteiger partial charge on any atom is 0.237 e. The van der Waals surface area contributed by atoms with Crippen LogP contribution in [0.15, 0.2) is 54.6 Å². The molecular formula is C25H30N6O2. The van der Waals surface area contributed by atoms with Gasteiger partial charge in [0.15, 0.2) is 0 Å². The maximum atomic E-state index is 12.9. The lowest BCUT2D eigenvalue weighted by molar-refractivity contribution is -0.131. The summed E-state index contributed by atoms with van der Waals surface area (Å²) in [6.07, 6.45) is 0. The van der Waals surface area contributed by atoms with Gasteiger partial charge in [0.2, 0.25) is 11.8 Å². The number of hydrogen-bond acceptors (Lipinski definition) is 6. The first-order chi connectivity index (χ1) is 15.8. The minimum atomic E-state index is -0.571. The molecule has 2 aromatic carbocycles. The van der Waals surface area contributed by atoms with Crippen molar-refractivity contribution < 1.29 is 9.59 Å². The number of aromatic nitrogens is 1. The number of carbonyl (C=O) groups is 2. The molecule has 8 nitrogen and oxygen atoms in total. The summed E-state index contributed by atoms with van der Waals surface area (Å²) >= 11 is 0. The molecule has 3 aromatic rings. The molecule has 0 aliphatic carbocycles. The Morgan fingerprint density at radius 2 is 1.88 bits per heavy atom. The average molecular weight is 447 g/mol. The number of hydrogen-bond donors (Lipinski definition) is 3. The van der Waals surface area contributed by atoms with Crippen molar-refractivity contribution in [2.75, 3.05) is 30.3 Å². The minimum absolute atomic E-state index is 0.156. The molecule has 4 rings (SSSR count). The largest absolute Gasteiger partial charge is 0.384 e. The van der Waals surface area contributed by atoms with Gasteiger partial charge < -0.3 is 21.7 Å². The van der Waals surface area contributed by atoms with Crippen LogP contribution in [-0.2, 0) is 16.1 Å². The van der Waals surface area contributed by atoms with Crippen LogP contribution < -0.4 is 21.7 Å². The molecule has 33 heavy (non-hydrogen) atoms. The van der Waals surface area contributed by atoms with Crippen molar-refractivity contribution >= 4 is 34.1 Å². The summed E-state index contributed by atoms with van der Waals surface area (Å²) < 4.78 is 0. The molecule has 2 heterocycles. The lowest BCUT2D eigenvalue weighted by Gasteiger charge is -2.43. The number of fused-ring (bicyclic) bond motifs is 1. The number of rotatable bonds is 6. The van der Waals surface area contributed by atoms with Crippen molar-refractivity contribution in [2.45, 2.75) is 32.5 Å². The molecule has 1 aliphatic heterocycles. The van der Waals surface area contributed by atoms with Gasteiger partial charge in [-0.05, 0) is 36.9 Å². The quantitative estimate of drug-likeness (QED) is 0.532. The summed E-state index contributed by atoms with van der Waals surface area (Å²) in [4.78, 5) is 33.6. The summed E-state index contributed by atoms with van der Waals surface area (Å²) in [6.45, 7) is 5.69. The van der Waals surface area contributed by atoms with Crippen molar-refractivity contribution in [3.8, 4) is 0 Å². The van der Waals surface area contributed by atoms with Crippen LogP contribution in [0.1, 0.15) is 18.2 Å². The van der Waals surface area contributed by atoms with Gasteiger partial charge in [0.1, 0.15) is 11.9 Å². The van der Waals surface area contributed by atoms with Crippen molar-refractivity contribution in [1.82, 2.24) is 15.2 Å². The van der Waals surface area contributed by atoms with Gasteiger partial charge in [-0.15, -0.1) is 0 Å². The molecule has 172 valence electrons. The maximum absolute atomic E-state index is 12.9. The molecule has 0 radical (unpaired) electrons. The number of primary amides is 1. The van der Waals surface area contributed by atoms with E-state index in [1.165, 1.54) is 0 Å². The first-order valence-corrected chi connectivity index (χ1v) is 11.1. The van der Waals surface area contributed by atoms with E-state index in [1.807, 2.05) is 43.0 Å². The van der Waals surface area contributed by atoms with Crippen LogP contribution in [0.3, 0.4) is 0 Å². The zero-order valence-corrected chi connectivity index (χ0v) is 19.0. The second kappa shape index (κ2) is 9.46. The number of nitrogen functional groups attached to an aromatic ring is 1. The monoisotopic (exact) mass is 446 g/mol. The van der Waals surface area contributed by atoms with Gasteiger partial charge in [-0.3, -0.25) is 14.5 Å². The summed E-state index contributed by atoms with van der Waals surface area (Å²) in [7, 11) is 0. The van der Waals surface area contributed by atoms with Crippen LogP contribution in [0.2, 0.25) is 0 Å². The van der Waals surface area contributed by atoms with Crippen LogP contribution in [0.5, 0.6) is 0 Å². The van der Waals surface area contributed by atoms with E-state index < -0.39 is 18.0 Å². The third kappa shape index (κ3) is 4.75. The molecule has 2 amide bonds. The van der Waals surface area contributed by atoms with E-state index in [0.717, 1.165) is 27.7 Å². The highest BCUT2D eigenvalue weighted by molar-refractivity contribution is 5.95. The number of nitrogens with one attached hydrogen (secondary N) is 1. The third-order valence-electron chi connectivity index (χ3n) is 6.40. The number of piperazine rings is 1. The second-order valence-electron chi connectivity index (χ2n) is 8.47. The van der Waals surface area contributed by atoms with Gasteiger partial charge >= 0.3 is 0 Å². The van der Waals surface area contributed by atoms with Gasteiger partial charge in [0.05, 0.1) is 6.04 Å². The van der Waals surface area contributed by atoms with E-state index in [-0.39, 0.29) is 5.91 Å². The highest BCUT2D eigenvalue weighted by Crippen LogP contribution is 2.29. The summed E-state index contributed by atoms with van der Waals surface area (Å²) in [5.41, 5.74) is 14.2. The summed E-state index contributed by atoms with van der Waals surface area (Å²) in [6, 6.07) is 16.8. The molecule has 1 unspecified atom stereocenters. The Hall–Kier alpha value is -3.65. The van der Waals surface area contributed by atoms with E-state index in [0.29, 0.717) is 32.0 Å². The topological polar surface area (TPSA) is 118 Å². The Balaban J connectivity index is 1.47. The zero-order valence-electron chi connectivity index (χ0n) is 19.0. The van der Waals surface area contributed by atoms with Crippen LogP contribution in [-0.4, -0.2) is 53.4 Å². The summed E-state index contributed by atoms with van der Waals surface area (Å²) in [5, 5.41) is 5.24. The number of nitrogens with two attached hydrogens (primary N) is 2. The molecular weight excluding hydrogens is 416 g/mol. The van der Waals surface area contributed by atoms with Crippen LogP contribution in [0.25, 0.3) is 10.8 Å². The Labute approximate surface area is 193 Å².